The lowest BCUT2D eigenvalue weighted by atomic mass is 10.1. The maximum atomic E-state index is 3.32. The molecule has 0 fully saturated rings. The number of para-hydroxylation sites is 1. The maximum Gasteiger partial charge on any atom is 0.0509 e. The third-order valence-corrected chi connectivity index (χ3v) is 3.07. The number of rotatable bonds is 3. The van der Waals surface area contributed by atoms with Gasteiger partial charge in [-0.2, -0.15) is 0 Å². The first kappa shape index (κ1) is 11.2. The molecule has 3 nitrogen and oxygen atoms in total. The minimum absolute atomic E-state index is 0.865. The molecule has 0 saturated carbocycles. The second kappa shape index (κ2) is 4.28. The van der Waals surface area contributed by atoms with Crippen LogP contribution in [0.4, 0.5) is 0 Å². The molecule has 86 valence electrons. The van der Waals surface area contributed by atoms with Crippen LogP contribution >= 0.6 is 0 Å². The first-order valence-corrected chi connectivity index (χ1v) is 5.55. The van der Waals surface area contributed by atoms with Crippen LogP contribution in [0.3, 0.4) is 0 Å². The molecule has 1 aromatic heterocycles. The Labute approximate surface area is 96.6 Å². The molecular formula is C13H19N3. The lowest BCUT2D eigenvalue weighted by Crippen LogP contribution is -2.30. The van der Waals surface area contributed by atoms with Gasteiger partial charge in [0.05, 0.1) is 6.54 Å². The molecule has 1 N–H and O–H groups in total. The van der Waals surface area contributed by atoms with Crippen molar-refractivity contribution in [1.82, 2.24) is 15.0 Å². The van der Waals surface area contributed by atoms with E-state index in [1.165, 1.54) is 22.2 Å². The molecule has 0 radical (unpaired) electrons. The minimum atomic E-state index is 0.865. The number of benzene rings is 1. The van der Waals surface area contributed by atoms with E-state index in [2.05, 4.69) is 48.2 Å². The van der Waals surface area contributed by atoms with Gasteiger partial charge < -0.3 is 4.57 Å². The van der Waals surface area contributed by atoms with Gasteiger partial charge >= 0.3 is 0 Å². The minimum Gasteiger partial charge on any atom is -0.346 e. The second-order valence-corrected chi connectivity index (χ2v) is 4.38. The van der Waals surface area contributed by atoms with Gasteiger partial charge in [0.2, 0.25) is 0 Å². The molecule has 2 rings (SSSR count). The fraction of sp³-hybridized carbons (Fsp3) is 0.385. The van der Waals surface area contributed by atoms with Gasteiger partial charge in [-0.25, -0.2) is 5.43 Å². The van der Waals surface area contributed by atoms with Crippen LogP contribution in [0.25, 0.3) is 10.9 Å². The molecule has 0 amide bonds. The Morgan fingerprint density at radius 3 is 2.56 bits per heavy atom. The molecule has 3 heteroatoms. The molecule has 1 aromatic carbocycles. The topological polar surface area (TPSA) is 20.2 Å². The van der Waals surface area contributed by atoms with Crippen LogP contribution in [0, 0.1) is 6.92 Å². The van der Waals surface area contributed by atoms with Crippen molar-refractivity contribution in [3.63, 3.8) is 0 Å². The Bertz CT molecular complexity index is 458. The first-order chi connectivity index (χ1) is 7.61. The van der Waals surface area contributed by atoms with E-state index in [1.807, 2.05) is 19.1 Å². The summed E-state index contributed by atoms with van der Waals surface area (Å²) in [4.78, 5) is 0. The van der Waals surface area contributed by atoms with Gasteiger partial charge in [-0.1, -0.05) is 18.2 Å². The number of nitrogens with one attached hydrogen (secondary N) is 1. The van der Waals surface area contributed by atoms with Gasteiger partial charge in [-0.15, -0.1) is 0 Å². The van der Waals surface area contributed by atoms with Crippen molar-refractivity contribution in [3.8, 4) is 0 Å². The van der Waals surface area contributed by atoms with Gasteiger partial charge in [-0.3, -0.25) is 5.01 Å². The molecule has 16 heavy (non-hydrogen) atoms. The van der Waals surface area contributed by atoms with Crippen LogP contribution in [0.15, 0.2) is 24.3 Å². The van der Waals surface area contributed by atoms with E-state index in [0.29, 0.717) is 0 Å². The highest BCUT2D eigenvalue weighted by molar-refractivity contribution is 5.85. The van der Waals surface area contributed by atoms with E-state index < -0.39 is 0 Å². The van der Waals surface area contributed by atoms with E-state index in [1.54, 1.807) is 0 Å². The average Bonchev–Trinajstić information content (AvgIpc) is 2.50. The first-order valence-electron chi connectivity index (χ1n) is 5.55. The highest BCUT2D eigenvalue weighted by Gasteiger charge is 2.10. The zero-order valence-electron chi connectivity index (χ0n) is 10.4. The summed E-state index contributed by atoms with van der Waals surface area (Å²) in [6.07, 6.45) is 0. The summed E-state index contributed by atoms with van der Waals surface area (Å²) in [5.41, 5.74) is 7.33. The van der Waals surface area contributed by atoms with Gasteiger partial charge in [0, 0.05) is 37.7 Å². The molecule has 0 aliphatic heterocycles. The van der Waals surface area contributed by atoms with Crippen LogP contribution < -0.4 is 5.43 Å². The molecule has 1 heterocycles. The zero-order valence-corrected chi connectivity index (χ0v) is 10.4. The zero-order chi connectivity index (χ0) is 11.7. The molecule has 0 atom stereocenters. The molecule has 0 bridgehead atoms. The van der Waals surface area contributed by atoms with Crippen molar-refractivity contribution in [2.75, 3.05) is 14.1 Å². The highest BCUT2D eigenvalue weighted by atomic mass is 15.5. The Hall–Kier alpha value is -1.32. The number of hydrogen-bond donors (Lipinski definition) is 1. The lowest BCUT2D eigenvalue weighted by molar-refractivity contribution is 0.282. The van der Waals surface area contributed by atoms with E-state index in [4.69, 9.17) is 0 Å². The van der Waals surface area contributed by atoms with Gasteiger partial charge in [0.25, 0.3) is 0 Å². The number of hydrazine groups is 1. The normalized spacial score (nSPS) is 11.6. The SMILES string of the molecule is Cc1c(CNN(C)C)n(C)c2ccccc12. The monoisotopic (exact) mass is 217 g/mol. The van der Waals surface area contributed by atoms with Crippen molar-refractivity contribution in [2.24, 2.45) is 7.05 Å². The van der Waals surface area contributed by atoms with Crippen molar-refractivity contribution in [1.29, 1.82) is 0 Å². The summed E-state index contributed by atoms with van der Waals surface area (Å²) >= 11 is 0. The smallest absolute Gasteiger partial charge is 0.0509 e. The average molecular weight is 217 g/mol. The molecule has 0 spiro atoms. The standard InChI is InChI=1S/C13H19N3/c1-10-11-7-5-6-8-12(11)16(4)13(10)9-14-15(2)3/h5-8,14H,9H2,1-4H3. The fourth-order valence-electron chi connectivity index (χ4n) is 2.12. The predicted molar refractivity (Wildman–Crippen MR) is 68.2 cm³/mol. The Morgan fingerprint density at radius 1 is 1.25 bits per heavy atom. The van der Waals surface area contributed by atoms with Gasteiger partial charge in [0.1, 0.15) is 0 Å². The molecule has 0 unspecified atom stereocenters. The van der Waals surface area contributed by atoms with Crippen LogP contribution in [0.2, 0.25) is 0 Å². The quantitative estimate of drug-likeness (QED) is 0.794. The third kappa shape index (κ3) is 1.84. The van der Waals surface area contributed by atoms with Crippen LogP contribution in [0.1, 0.15) is 11.3 Å². The van der Waals surface area contributed by atoms with Crippen LogP contribution in [-0.4, -0.2) is 23.7 Å². The fourth-order valence-corrected chi connectivity index (χ4v) is 2.12. The Morgan fingerprint density at radius 2 is 1.94 bits per heavy atom. The van der Waals surface area contributed by atoms with Crippen LogP contribution in [-0.2, 0) is 13.6 Å². The van der Waals surface area contributed by atoms with Gasteiger partial charge in [-0.05, 0) is 18.6 Å². The van der Waals surface area contributed by atoms with Crippen molar-refractivity contribution < 1.29 is 0 Å². The number of fused-ring (bicyclic) bond motifs is 1. The summed E-state index contributed by atoms with van der Waals surface area (Å²) in [6.45, 7) is 3.05. The third-order valence-electron chi connectivity index (χ3n) is 3.07. The molecule has 0 aliphatic rings. The number of nitrogens with zero attached hydrogens (tertiary/aromatic N) is 2. The largest absolute Gasteiger partial charge is 0.346 e. The number of hydrogen-bond acceptors (Lipinski definition) is 2. The Kier molecular flexibility index (Phi) is 2.99. The summed E-state index contributed by atoms with van der Waals surface area (Å²) in [6, 6.07) is 8.54. The van der Waals surface area contributed by atoms with E-state index in [9.17, 15) is 0 Å². The molecule has 0 saturated heterocycles. The second-order valence-electron chi connectivity index (χ2n) is 4.38. The lowest BCUT2D eigenvalue weighted by Gasteiger charge is -2.13. The number of aromatic nitrogens is 1. The van der Waals surface area contributed by atoms with Crippen LogP contribution in [0.5, 0.6) is 0 Å². The van der Waals surface area contributed by atoms with E-state index in [-0.39, 0.29) is 0 Å². The van der Waals surface area contributed by atoms with Crippen molar-refractivity contribution in [2.45, 2.75) is 13.5 Å². The number of aryl methyl sites for hydroxylation is 2. The highest BCUT2D eigenvalue weighted by Crippen LogP contribution is 2.24. The summed E-state index contributed by atoms with van der Waals surface area (Å²) < 4.78 is 2.27. The Balaban J connectivity index is 2.45. The summed E-state index contributed by atoms with van der Waals surface area (Å²) in [7, 11) is 6.15. The molecule has 2 aromatic rings. The van der Waals surface area contributed by atoms with Crippen molar-refractivity contribution >= 4 is 10.9 Å². The van der Waals surface area contributed by atoms with E-state index >= 15 is 0 Å². The molecular weight excluding hydrogens is 198 g/mol. The predicted octanol–water partition coefficient (Wildman–Crippen LogP) is 2.05. The summed E-state index contributed by atoms with van der Waals surface area (Å²) in [5, 5.41) is 3.33. The van der Waals surface area contributed by atoms with Crippen molar-refractivity contribution in [3.05, 3.63) is 35.5 Å². The van der Waals surface area contributed by atoms with E-state index in [0.717, 1.165) is 6.54 Å². The maximum absolute atomic E-state index is 3.32. The summed E-state index contributed by atoms with van der Waals surface area (Å²) in [5.74, 6) is 0. The molecule has 0 aliphatic carbocycles. The van der Waals surface area contributed by atoms with Gasteiger partial charge in [0.15, 0.2) is 0 Å².